The summed E-state index contributed by atoms with van der Waals surface area (Å²) in [6.07, 6.45) is -0.256. The van der Waals surface area contributed by atoms with Crippen molar-refractivity contribution in [2.75, 3.05) is 32.8 Å². The zero-order valence-corrected chi connectivity index (χ0v) is 13.4. The first-order valence-corrected chi connectivity index (χ1v) is 7.57. The van der Waals surface area contributed by atoms with Gasteiger partial charge in [0.1, 0.15) is 11.5 Å². The lowest BCUT2D eigenvalue weighted by atomic mass is 10.1. The molecule has 0 aromatic heterocycles. The van der Waals surface area contributed by atoms with Crippen molar-refractivity contribution in [3.8, 4) is 11.5 Å². The number of ether oxygens (including phenoxy) is 4. The molecule has 1 aliphatic heterocycles. The SMILES string of the molecule is COc1cc(CNc2cccc(C3OCCO3)c2)cc(OC)c1. The molecule has 1 N–H and O–H groups in total. The molecule has 1 saturated heterocycles. The van der Waals surface area contributed by atoms with Crippen LogP contribution in [-0.4, -0.2) is 27.4 Å². The van der Waals surface area contributed by atoms with Gasteiger partial charge in [-0.05, 0) is 29.8 Å². The Balaban J connectivity index is 1.69. The summed E-state index contributed by atoms with van der Waals surface area (Å²) in [5.74, 6) is 1.56. The highest BCUT2D eigenvalue weighted by atomic mass is 16.7. The first-order chi connectivity index (χ1) is 11.3. The second-order valence-corrected chi connectivity index (χ2v) is 5.27. The summed E-state index contributed by atoms with van der Waals surface area (Å²) in [6, 6.07) is 13.9. The average Bonchev–Trinajstić information content (AvgIpc) is 3.14. The van der Waals surface area contributed by atoms with Crippen LogP contribution in [0.1, 0.15) is 17.4 Å². The largest absolute Gasteiger partial charge is 0.497 e. The van der Waals surface area contributed by atoms with Crippen LogP contribution in [0.4, 0.5) is 5.69 Å². The molecule has 3 rings (SSSR count). The van der Waals surface area contributed by atoms with E-state index in [9.17, 15) is 0 Å². The average molecular weight is 315 g/mol. The van der Waals surface area contributed by atoms with Gasteiger partial charge in [0, 0.05) is 23.9 Å². The van der Waals surface area contributed by atoms with E-state index in [2.05, 4.69) is 5.32 Å². The van der Waals surface area contributed by atoms with Crippen molar-refractivity contribution >= 4 is 5.69 Å². The van der Waals surface area contributed by atoms with Gasteiger partial charge < -0.3 is 24.3 Å². The molecule has 23 heavy (non-hydrogen) atoms. The van der Waals surface area contributed by atoms with Gasteiger partial charge >= 0.3 is 0 Å². The molecule has 122 valence electrons. The summed E-state index contributed by atoms with van der Waals surface area (Å²) < 4.78 is 21.7. The van der Waals surface area contributed by atoms with Crippen molar-refractivity contribution in [3.63, 3.8) is 0 Å². The lowest BCUT2D eigenvalue weighted by molar-refractivity contribution is -0.0440. The van der Waals surface area contributed by atoms with Crippen molar-refractivity contribution in [1.82, 2.24) is 0 Å². The lowest BCUT2D eigenvalue weighted by Gasteiger charge is -2.13. The molecule has 2 aromatic carbocycles. The minimum atomic E-state index is -0.256. The van der Waals surface area contributed by atoms with Crippen molar-refractivity contribution in [2.45, 2.75) is 12.8 Å². The Labute approximate surface area is 136 Å². The van der Waals surface area contributed by atoms with Crippen LogP contribution in [-0.2, 0) is 16.0 Å². The van der Waals surface area contributed by atoms with Crippen LogP contribution < -0.4 is 14.8 Å². The molecule has 5 nitrogen and oxygen atoms in total. The highest BCUT2D eigenvalue weighted by Crippen LogP contribution is 2.26. The van der Waals surface area contributed by atoms with Crippen molar-refractivity contribution < 1.29 is 18.9 Å². The van der Waals surface area contributed by atoms with Gasteiger partial charge in [-0.15, -0.1) is 0 Å². The molecule has 5 heteroatoms. The Morgan fingerprint density at radius 1 is 1.00 bits per heavy atom. The standard InChI is InChI=1S/C18H21NO4/c1-20-16-8-13(9-17(11-16)21-2)12-19-15-5-3-4-14(10-15)18-22-6-7-23-18/h3-5,8-11,18-19H,6-7,12H2,1-2H3. The van der Waals surface area contributed by atoms with E-state index < -0.39 is 0 Å². The van der Waals surface area contributed by atoms with E-state index in [1.807, 2.05) is 42.5 Å². The third kappa shape index (κ3) is 3.94. The number of hydrogen-bond acceptors (Lipinski definition) is 5. The van der Waals surface area contributed by atoms with Gasteiger partial charge in [-0.3, -0.25) is 0 Å². The molecule has 0 bridgehead atoms. The first kappa shape index (κ1) is 15.6. The number of nitrogens with one attached hydrogen (secondary N) is 1. The van der Waals surface area contributed by atoms with E-state index in [-0.39, 0.29) is 6.29 Å². The normalized spacial score (nSPS) is 14.7. The molecule has 0 aliphatic carbocycles. The van der Waals surface area contributed by atoms with E-state index in [0.29, 0.717) is 19.8 Å². The van der Waals surface area contributed by atoms with Crippen LogP contribution in [0, 0.1) is 0 Å². The van der Waals surface area contributed by atoms with Crippen molar-refractivity contribution in [3.05, 3.63) is 53.6 Å². The number of methoxy groups -OCH3 is 2. The molecule has 0 saturated carbocycles. The highest BCUT2D eigenvalue weighted by Gasteiger charge is 2.18. The molecule has 1 aliphatic rings. The van der Waals surface area contributed by atoms with Crippen LogP contribution in [0.2, 0.25) is 0 Å². The van der Waals surface area contributed by atoms with Gasteiger partial charge in [-0.2, -0.15) is 0 Å². The van der Waals surface area contributed by atoms with Crippen LogP contribution >= 0.6 is 0 Å². The summed E-state index contributed by atoms with van der Waals surface area (Å²) in [5.41, 5.74) is 3.12. The lowest BCUT2D eigenvalue weighted by Crippen LogP contribution is -2.03. The topological polar surface area (TPSA) is 49.0 Å². The van der Waals surface area contributed by atoms with Crippen molar-refractivity contribution in [1.29, 1.82) is 0 Å². The molecule has 0 spiro atoms. The van der Waals surface area contributed by atoms with Crippen LogP contribution in [0.5, 0.6) is 11.5 Å². The zero-order chi connectivity index (χ0) is 16.1. The Morgan fingerprint density at radius 2 is 1.70 bits per heavy atom. The van der Waals surface area contributed by atoms with Crippen LogP contribution in [0.3, 0.4) is 0 Å². The zero-order valence-electron chi connectivity index (χ0n) is 13.4. The quantitative estimate of drug-likeness (QED) is 0.886. The Morgan fingerprint density at radius 3 is 2.35 bits per heavy atom. The van der Waals surface area contributed by atoms with E-state index in [1.165, 1.54) is 0 Å². The minimum Gasteiger partial charge on any atom is -0.497 e. The Kier molecular flexibility index (Phi) is 5.00. The Bertz CT molecular complexity index is 631. The summed E-state index contributed by atoms with van der Waals surface area (Å²) in [7, 11) is 3.30. The maximum absolute atomic E-state index is 5.53. The fourth-order valence-corrected chi connectivity index (χ4v) is 2.52. The number of anilines is 1. The van der Waals surface area contributed by atoms with E-state index in [4.69, 9.17) is 18.9 Å². The summed E-state index contributed by atoms with van der Waals surface area (Å²) in [6.45, 7) is 1.96. The molecule has 1 fully saturated rings. The third-order valence-corrected chi connectivity index (χ3v) is 3.69. The fraction of sp³-hybridized carbons (Fsp3) is 0.333. The summed E-state index contributed by atoms with van der Waals surface area (Å²) in [5, 5.41) is 3.41. The van der Waals surface area contributed by atoms with Gasteiger partial charge in [0.25, 0.3) is 0 Å². The highest BCUT2D eigenvalue weighted by molar-refractivity contribution is 5.47. The maximum atomic E-state index is 5.53. The van der Waals surface area contributed by atoms with Crippen molar-refractivity contribution in [2.24, 2.45) is 0 Å². The van der Waals surface area contributed by atoms with Crippen LogP contribution in [0.25, 0.3) is 0 Å². The van der Waals surface area contributed by atoms with Crippen LogP contribution in [0.15, 0.2) is 42.5 Å². The van der Waals surface area contributed by atoms with E-state index in [0.717, 1.165) is 28.3 Å². The Hall–Kier alpha value is -2.24. The predicted octanol–water partition coefficient (Wildman–Crippen LogP) is 3.36. The van der Waals surface area contributed by atoms with E-state index >= 15 is 0 Å². The second kappa shape index (κ2) is 7.35. The smallest absolute Gasteiger partial charge is 0.184 e. The molecular weight excluding hydrogens is 294 g/mol. The monoisotopic (exact) mass is 315 g/mol. The molecule has 0 unspecified atom stereocenters. The fourth-order valence-electron chi connectivity index (χ4n) is 2.52. The molecule has 1 heterocycles. The minimum absolute atomic E-state index is 0.256. The predicted molar refractivity (Wildman–Crippen MR) is 88.0 cm³/mol. The van der Waals surface area contributed by atoms with Gasteiger partial charge in [-0.1, -0.05) is 12.1 Å². The summed E-state index contributed by atoms with van der Waals surface area (Å²) in [4.78, 5) is 0. The second-order valence-electron chi connectivity index (χ2n) is 5.27. The molecule has 0 atom stereocenters. The van der Waals surface area contributed by atoms with Gasteiger partial charge in [0.15, 0.2) is 6.29 Å². The third-order valence-electron chi connectivity index (χ3n) is 3.69. The van der Waals surface area contributed by atoms with Gasteiger partial charge in [0.05, 0.1) is 27.4 Å². The van der Waals surface area contributed by atoms with Gasteiger partial charge in [-0.25, -0.2) is 0 Å². The molecule has 0 radical (unpaired) electrons. The molecular formula is C18H21NO4. The van der Waals surface area contributed by atoms with Gasteiger partial charge in [0.2, 0.25) is 0 Å². The molecule has 0 amide bonds. The number of rotatable bonds is 6. The first-order valence-electron chi connectivity index (χ1n) is 7.57. The maximum Gasteiger partial charge on any atom is 0.184 e. The number of hydrogen-bond donors (Lipinski definition) is 1. The summed E-state index contributed by atoms with van der Waals surface area (Å²) >= 11 is 0. The van der Waals surface area contributed by atoms with E-state index in [1.54, 1.807) is 14.2 Å². The molecule has 2 aromatic rings. The number of benzene rings is 2.